The fourth-order valence-electron chi connectivity index (χ4n) is 2.80. The van der Waals surface area contributed by atoms with Crippen molar-refractivity contribution in [2.45, 2.75) is 26.6 Å². The molecule has 0 bridgehead atoms. The van der Waals surface area contributed by atoms with Gasteiger partial charge < -0.3 is 23.9 Å². The number of aryl methyl sites for hydroxylation is 2. The van der Waals surface area contributed by atoms with E-state index in [-0.39, 0.29) is 30.3 Å². The first-order chi connectivity index (χ1) is 12.0. The number of ether oxygens (including phenoxy) is 2. The van der Waals surface area contributed by atoms with E-state index in [1.165, 1.54) is 6.07 Å². The minimum atomic E-state index is -0.461. The van der Waals surface area contributed by atoms with Crippen molar-refractivity contribution in [3.63, 3.8) is 0 Å². The van der Waals surface area contributed by atoms with Gasteiger partial charge in [-0.25, -0.2) is 4.98 Å². The first-order valence-corrected chi connectivity index (χ1v) is 7.92. The number of carbonyl (C=O) groups is 1. The molecule has 1 aliphatic rings. The summed E-state index contributed by atoms with van der Waals surface area (Å²) in [7, 11) is 1.55. The smallest absolute Gasteiger partial charge is 0.276 e. The summed E-state index contributed by atoms with van der Waals surface area (Å²) in [6.45, 7) is 4.75. The van der Waals surface area contributed by atoms with E-state index in [1.54, 1.807) is 25.9 Å². The van der Waals surface area contributed by atoms with Crippen LogP contribution in [-0.2, 0) is 16.1 Å². The van der Waals surface area contributed by atoms with E-state index >= 15 is 0 Å². The van der Waals surface area contributed by atoms with Gasteiger partial charge in [0.25, 0.3) is 11.5 Å². The third-order valence-electron chi connectivity index (χ3n) is 4.04. The van der Waals surface area contributed by atoms with Crippen molar-refractivity contribution in [1.82, 2.24) is 20.0 Å². The Kier molecular flexibility index (Phi) is 4.95. The van der Waals surface area contributed by atoms with Crippen LogP contribution in [0.3, 0.4) is 0 Å². The summed E-state index contributed by atoms with van der Waals surface area (Å²) in [6, 6.07) is 1.39. The Balaban J connectivity index is 1.81. The summed E-state index contributed by atoms with van der Waals surface area (Å²) in [6.07, 6.45) is -0.461. The molecule has 1 N–H and O–H groups in total. The minimum Gasteiger partial charge on any atom is -0.380 e. The van der Waals surface area contributed by atoms with Crippen molar-refractivity contribution in [1.29, 1.82) is 0 Å². The fraction of sp³-hybridized carbons (Fsp3) is 0.500. The topological polar surface area (TPSA) is 111 Å². The van der Waals surface area contributed by atoms with Crippen molar-refractivity contribution in [3.8, 4) is 0 Å². The highest BCUT2D eigenvalue weighted by Gasteiger charge is 2.30. The summed E-state index contributed by atoms with van der Waals surface area (Å²) < 4.78 is 16.0. The van der Waals surface area contributed by atoms with Gasteiger partial charge in [-0.3, -0.25) is 9.59 Å². The molecule has 134 valence electrons. The van der Waals surface area contributed by atoms with E-state index in [9.17, 15) is 9.59 Å². The Morgan fingerprint density at radius 2 is 2.28 bits per heavy atom. The summed E-state index contributed by atoms with van der Waals surface area (Å²) in [4.78, 5) is 33.0. The number of carbonyl (C=O) groups excluding carboxylic acids is 1. The van der Waals surface area contributed by atoms with E-state index in [0.717, 1.165) is 0 Å². The van der Waals surface area contributed by atoms with Crippen molar-refractivity contribution >= 4 is 5.91 Å². The molecule has 1 aliphatic heterocycles. The Morgan fingerprint density at radius 3 is 3.00 bits per heavy atom. The van der Waals surface area contributed by atoms with Gasteiger partial charge in [0, 0.05) is 19.7 Å². The van der Waals surface area contributed by atoms with Gasteiger partial charge in [0.15, 0.2) is 5.69 Å². The van der Waals surface area contributed by atoms with E-state index in [0.29, 0.717) is 36.0 Å². The first kappa shape index (κ1) is 17.3. The highest BCUT2D eigenvalue weighted by atomic mass is 16.5. The Hall–Kier alpha value is -2.52. The number of hydrogen-bond donors (Lipinski definition) is 1. The molecule has 1 fully saturated rings. The number of nitrogens with one attached hydrogen (secondary N) is 1. The third kappa shape index (κ3) is 3.62. The van der Waals surface area contributed by atoms with Crippen LogP contribution < -0.4 is 5.56 Å². The third-order valence-corrected chi connectivity index (χ3v) is 4.04. The standard InChI is InChI=1S/C16H20N4O5/c1-9-11(8-23-3)15(19-25-9)16(22)20-4-5-24-13(7-20)12-6-14(21)18-10(2)17-12/h6,13H,4-5,7-8H2,1-3H3,(H,17,18,21)/t13-/m0/s1. The van der Waals surface area contributed by atoms with Crippen LogP contribution >= 0.6 is 0 Å². The highest BCUT2D eigenvalue weighted by molar-refractivity contribution is 5.93. The molecule has 3 heterocycles. The molecule has 9 nitrogen and oxygen atoms in total. The molecule has 0 saturated carbocycles. The predicted molar refractivity (Wildman–Crippen MR) is 86.1 cm³/mol. The minimum absolute atomic E-state index is 0.245. The number of nitrogens with zero attached hydrogens (tertiary/aromatic N) is 3. The maximum atomic E-state index is 12.8. The van der Waals surface area contributed by atoms with Gasteiger partial charge in [-0.2, -0.15) is 0 Å². The zero-order valence-corrected chi connectivity index (χ0v) is 14.4. The highest BCUT2D eigenvalue weighted by Crippen LogP contribution is 2.23. The van der Waals surface area contributed by atoms with E-state index in [2.05, 4.69) is 15.1 Å². The summed E-state index contributed by atoms with van der Waals surface area (Å²) in [5.41, 5.74) is 1.15. The van der Waals surface area contributed by atoms with E-state index in [1.807, 2.05) is 0 Å². The number of amides is 1. The molecule has 0 spiro atoms. The summed E-state index contributed by atoms with van der Waals surface area (Å²) in [5, 5.41) is 3.88. The molecule has 9 heteroatoms. The lowest BCUT2D eigenvalue weighted by atomic mass is 10.1. The maximum absolute atomic E-state index is 12.8. The second-order valence-corrected chi connectivity index (χ2v) is 5.87. The number of methoxy groups -OCH3 is 1. The molecule has 25 heavy (non-hydrogen) atoms. The van der Waals surface area contributed by atoms with Gasteiger partial charge in [0.1, 0.15) is 17.7 Å². The van der Waals surface area contributed by atoms with Gasteiger partial charge >= 0.3 is 0 Å². The van der Waals surface area contributed by atoms with E-state index < -0.39 is 6.10 Å². The number of hydrogen-bond acceptors (Lipinski definition) is 7. The molecule has 0 aromatic carbocycles. The molecular formula is C16H20N4O5. The molecule has 0 aliphatic carbocycles. The van der Waals surface area contributed by atoms with Crippen molar-refractivity contribution < 1.29 is 18.8 Å². The van der Waals surface area contributed by atoms with Crippen LogP contribution in [0.25, 0.3) is 0 Å². The van der Waals surface area contributed by atoms with Crippen LogP contribution in [0.4, 0.5) is 0 Å². The quantitative estimate of drug-likeness (QED) is 0.867. The SMILES string of the molecule is COCc1c(C(=O)N2CCO[C@H](c3cc(=O)[nH]c(C)n3)C2)noc1C. The van der Waals surface area contributed by atoms with Crippen LogP contribution in [0.5, 0.6) is 0 Å². The van der Waals surface area contributed by atoms with Crippen LogP contribution in [0, 0.1) is 13.8 Å². The Morgan fingerprint density at radius 1 is 1.48 bits per heavy atom. The van der Waals surface area contributed by atoms with Crippen LogP contribution in [0.15, 0.2) is 15.4 Å². The second kappa shape index (κ2) is 7.16. The number of aromatic nitrogens is 3. The van der Waals surface area contributed by atoms with Crippen LogP contribution in [0.2, 0.25) is 0 Å². The molecule has 0 radical (unpaired) electrons. The second-order valence-electron chi connectivity index (χ2n) is 5.87. The average Bonchev–Trinajstić information content (AvgIpc) is 2.95. The average molecular weight is 348 g/mol. The molecular weight excluding hydrogens is 328 g/mol. The van der Waals surface area contributed by atoms with Crippen LogP contribution in [-0.4, -0.2) is 52.7 Å². The first-order valence-electron chi connectivity index (χ1n) is 7.92. The summed E-state index contributed by atoms with van der Waals surface area (Å²) in [5.74, 6) is 0.810. The Bertz CT molecular complexity index is 828. The molecule has 2 aromatic heterocycles. The zero-order chi connectivity index (χ0) is 18.0. The maximum Gasteiger partial charge on any atom is 0.276 e. The van der Waals surface area contributed by atoms with Gasteiger partial charge in [-0.1, -0.05) is 5.16 Å². The number of H-pyrrole nitrogens is 1. The van der Waals surface area contributed by atoms with Gasteiger partial charge in [0.05, 0.1) is 31.0 Å². The molecule has 0 unspecified atom stereocenters. The fourth-order valence-corrected chi connectivity index (χ4v) is 2.80. The van der Waals surface area contributed by atoms with Gasteiger partial charge in [-0.05, 0) is 13.8 Å². The number of rotatable bonds is 4. The monoisotopic (exact) mass is 348 g/mol. The van der Waals surface area contributed by atoms with Gasteiger partial charge in [-0.15, -0.1) is 0 Å². The number of morpholine rings is 1. The molecule has 1 atom stereocenters. The molecule has 2 aromatic rings. The van der Waals surface area contributed by atoms with Crippen molar-refractivity contribution in [3.05, 3.63) is 45.0 Å². The largest absolute Gasteiger partial charge is 0.380 e. The van der Waals surface area contributed by atoms with Crippen LogP contribution in [0.1, 0.15) is 39.4 Å². The lowest BCUT2D eigenvalue weighted by Crippen LogP contribution is -2.43. The normalized spacial score (nSPS) is 17.7. The lowest BCUT2D eigenvalue weighted by molar-refractivity contribution is -0.0252. The van der Waals surface area contributed by atoms with Gasteiger partial charge in [0.2, 0.25) is 0 Å². The summed E-state index contributed by atoms with van der Waals surface area (Å²) >= 11 is 0. The zero-order valence-electron chi connectivity index (χ0n) is 14.4. The lowest BCUT2D eigenvalue weighted by Gasteiger charge is -2.32. The van der Waals surface area contributed by atoms with Crippen molar-refractivity contribution in [2.75, 3.05) is 26.8 Å². The van der Waals surface area contributed by atoms with E-state index in [4.69, 9.17) is 14.0 Å². The molecule has 1 saturated heterocycles. The van der Waals surface area contributed by atoms with Crippen molar-refractivity contribution in [2.24, 2.45) is 0 Å². The predicted octanol–water partition coefficient (Wildman–Crippen LogP) is 0.735. The number of aromatic amines is 1. The molecule has 1 amide bonds. The molecule has 3 rings (SSSR count). The Labute approximate surface area is 143 Å².